The van der Waals surface area contributed by atoms with Gasteiger partial charge in [0, 0.05) is 20.2 Å². The van der Waals surface area contributed by atoms with Crippen molar-refractivity contribution in [2.75, 3.05) is 33.4 Å². The minimum atomic E-state index is -0.715. The van der Waals surface area contributed by atoms with Gasteiger partial charge >= 0.3 is 0 Å². The molecule has 1 saturated heterocycles. The third-order valence-corrected chi connectivity index (χ3v) is 4.37. The molecule has 0 radical (unpaired) electrons. The van der Waals surface area contributed by atoms with E-state index in [1.54, 1.807) is 7.11 Å². The summed E-state index contributed by atoms with van der Waals surface area (Å²) in [6.07, 6.45) is 2.17. The van der Waals surface area contributed by atoms with Gasteiger partial charge in [-0.1, -0.05) is 30.3 Å². The molecule has 1 aromatic carbocycles. The summed E-state index contributed by atoms with van der Waals surface area (Å²) in [6.45, 7) is 4.59. The average Bonchev–Trinajstić information content (AvgIpc) is 2.48. The molecule has 0 spiro atoms. The standard InChI is InChI=1S/C16H26N2O2/c1-15(20-2)9-6-10-18(11-15)12-16(17,13-19)14-7-4-3-5-8-14/h3-5,7-8,19H,6,9-13,17H2,1-2H3. The molecule has 4 nitrogen and oxygen atoms in total. The number of rotatable bonds is 5. The van der Waals surface area contributed by atoms with E-state index >= 15 is 0 Å². The molecule has 0 saturated carbocycles. The van der Waals surface area contributed by atoms with Crippen LogP contribution in [0.25, 0.3) is 0 Å². The van der Waals surface area contributed by atoms with E-state index in [0.29, 0.717) is 6.54 Å². The Morgan fingerprint density at radius 2 is 2.10 bits per heavy atom. The van der Waals surface area contributed by atoms with Crippen LogP contribution in [0.5, 0.6) is 0 Å². The summed E-state index contributed by atoms with van der Waals surface area (Å²) >= 11 is 0. The van der Waals surface area contributed by atoms with Crippen LogP contribution in [0, 0.1) is 0 Å². The molecule has 3 N–H and O–H groups in total. The minimum Gasteiger partial charge on any atom is -0.394 e. The number of piperidine rings is 1. The maximum absolute atomic E-state index is 9.77. The van der Waals surface area contributed by atoms with Crippen LogP contribution >= 0.6 is 0 Å². The summed E-state index contributed by atoms with van der Waals surface area (Å²) < 4.78 is 5.62. The SMILES string of the molecule is COC1(C)CCCN(CC(N)(CO)c2ccccc2)C1. The Labute approximate surface area is 121 Å². The summed E-state index contributed by atoms with van der Waals surface area (Å²) in [5.41, 5.74) is 6.60. The number of benzene rings is 1. The molecular weight excluding hydrogens is 252 g/mol. The molecule has 0 aliphatic carbocycles. The fourth-order valence-electron chi connectivity index (χ4n) is 3.01. The maximum atomic E-state index is 9.77. The van der Waals surface area contributed by atoms with Gasteiger partial charge in [0.15, 0.2) is 0 Å². The van der Waals surface area contributed by atoms with Gasteiger partial charge in [-0.15, -0.1) is 0 Å². The molecule has 2 rings (SSSR count). The van der Waals surface area contributed by atoms with Crippen molar-refractivity contribution in [3.63, 3.8) is 0 Å². The zero-order chi connectivity index (χ0) is 14.6. The number of ether oxygens (including phenoxy) is 1. The highest BCUT2D eigenvalue weighted by molar-refractivity contribution is 5.24. The van der Waals surface area contributed by atoms with Crippen LogP contribution in [0.4, 0.5) is 0 Å². The van der Waals surface area contributed by atoms with E-state index in [2.05, 4.69) is 11.8 Å². The van der Waals surface area contributed by atoms with Crippen molar-refractivity contribution < 1.29 is 9.84 Å². The molecule has 20 heavy (non-hydrogen) atoms. The lowest BCUT2D eigenvalue weighted by Crippen LogP contribution is -2.55. The van der Waals surface area contributed by atoms with Crippen LogP contribution in [0.3, 0.4) is 0 Å². The number of methoxy groups -OCH3 is 1. The lowest BCUT2D eigenvalue weighted by Gasteiger charge is -2.43. The van der Waals surface area contributed by atoms with Crippen LogP contribution in [-0.2, 0) is 10.3 Å². The van der Waals surface area contributed by atoms with Crippen LogP contribution in [0.1, 0.15) is 25.3 Å². The predicted molar refractivity (Wildman–Crippen MR) is 80.5 cm³/mol. The zero-order valence-electron chi connectivity index (χ0n) is 12.5. The molecule has 0 aromatic heterocycles. The molecule has 1 heterocycles. The maximum Gasteiger partial charge on any atom is 0.0777 e. The first-order valence-corrected chi connectivity index (χ1v) is 7.24. The van der Waals surface area contributed by atoms with Crippen molar-refractivity contribution in [2.24, 2.45) is 5.73 Å². The van der Waals surface area contributed by atoms with Crippen molar-refractivity contribution in [3.05, 3.63) is 35.9 Å². The van der Waals surface area contributed by atoms with E-state index in [0.717, 1.165) is 31.5 Å². The van der Waals surface area contributed by atoms with Gasteiger partial charge in [0.05, 0.1) is 17.7 Å². The molecule has 1 aliphatic heterocycles. The molecule has 2 unspecified atom stereocenters. The van der Waals surface area contributed by atoms with Gasteiger partial charge in [-0.25, -0.2) is 0 Å². The smallest absolute Gasteiger partial charge is 0.0777 e. The normalized spacial score (nSPS) is 27.2. The Hall–Kier alpha value is -0.940. The Bertz CT molecular complexity index is 426. The summed E-state index contributed by atoms with van der Waals surface area (Å²) in [5, 5.41) is 9.77. The van der Waals surface area contributed by atoms with Crippen molar-refractivity contribution in [1.82, 2.24) is 4.90 Å². The highest BCUT2D eigenvalue weighted by Gasteiger charge is 2.35. The van der Waals surface area contributed by atoms with E-state index in [4.69, 9.17) is 10.5 Å². The fourth-order valence-corrected chi connectivity index (χ4v) is 3.01. The molecule has 1 aliphatic rings. The Balaban J connectivity index is 2.10. The number of nitrogens with two attached hydrogens (primary N) is 1. The number of aliphatic hydroxyl groups excluding tert-OH is 1. The Morgan fingerprint density at radius 1 is 1.40 bits per heavy atom. The second kappa shape index (κ2) is 6.22. The number of nitrogens with zero attached hydrogens (tertiary/aromatic N) is 1. The number of likely N-dealkylation sites (tertiary alicyclic amines) is 1. The summed E-state index contributed by atoms with van der Waals surface area (Å²) in [5.74, 6) is 0. The van der Waals surface area contributed by atoms with E-state index in [1.807, 2.05) is 30.3 Å². The number of hydrogen-bond donors (Lipinski definition) is 2. The van der Waals surface area contributed by atoms with Gasteiger partial charge in [-0.2, -0.15) is 0 Å². The van der Waals surface area contributed by atoms with Crippen molar-refractivity contribution in [1.29, 1.82) is 0 Å². The second-order valence-electron chi connectivity index (χ2n) is 6.15. The van der Waals surface area contributed by atoms with Crippen LogP contribution in [0.15, 0.2) is 30.3 Å². The van der Waals surface area contributed by atoms with Gasteiger partial charge in [0.1, 0.15) is 0 Å². The van der Waals surface area contributed by atoms with E-state index in [9.17, 15) is 5.11 Å². The Kier molecular flexibility index (Phi) is 4.81. The van der Waals surface area contributed by atoms with Crippen LogP contribution in [-0.4, -0.2) is 49.0 Å². The average molecular weight is 278 g/mol. The Morgan fingerprint density at radius 3 is 2.70 bits per heavy atom. The molecule has 112 valence electrons. The zero-order valence-corrected chi connectivity index (χ0v) is 12.5. The topological polar surface area (TPSA) is 58.7 Å². The number of hydrogen-bond acceptors (Lipinski definition) is 4. The quantitative estimate of drug-likeness (QED) is 0.853. The summed E-state index contributed by atoms with van der Waals surface area (Å²) in [6, 6.07) is 9.85. The van der Waals surface area contributed by atoms with Gasteiger partial charge in [-0.05, 0) is 31.9 Å². The lowest BCUT2D eigenvalue weighted by molar-refractivity contribution is -0.0570. The molecule has 1 aromatic rings. The van der Waals surface area contributed by atoms with E-state index in [1.165, 1.54) is 0 Å². The van der Waals surface area contributed by atoms with Gasteiger partial charge in [0.2, 0.25) is 0 Å². The summed E-state index contributed by atoms with van der Waals surface area (Å²) in [4.78, 5) is 2.30. The van der Waals surface area contributed by atoms with Gasteiger partial charge in [0.25, 0.3) is 0 Å². The van der Waals surface area contributed by atoms with Crippen LogP contribution in [0.2, 0.25) is 0 Å². The summed E-state index contributed by atoms with van der Waals surface area (Å²) in [7, 11) is 1.77. The monoisotopic (exact) mass is 278 g/mol. The molecule has 2 atom stereocenters. The van der Waals surface area contributed by atoms with Gasteiger partial charge in [-0.3, -0.25) is 4.90 Å². The predicted octanol–water partition coefficient (Wildman–Crippen LogP) is 1.33. The molecular formula is C16H26N2O2. The largest absolute Gasteiger partial charge is 0.394 e. The van der Waals surface area contributed by atoms with Crippen molar-refractivity contribution >= 4 is 0 Å². The van der Waals surface area contributed by atoms with Crippen molar-refractivity contribution in [2.45, 2.75) is 30.9 Å². The molecule has 0 amide bonds. The third kappa shape index (κ3) is 3.38. The van der Waals surface area contributed by atoms with Crippen LogP contribution < -0.4 is 5.73 Å². The number of aliphatic hydroxyl groups is 1. The second-order valence-corrected chi connectivity index (χ2v) is 6.15. The molecule has 4 heteroatoms. The first-order chi connectivity index (χ1) is 9.51. The minimum absolute atomic E-state index is 0.0583. The lowest BCUT2D eigenvalue weighted by atomic mass is 9.88. The van der Waals surface area contributed by atoms with Crippen molar-refractivity contribution in [3.8, 4) is 0 Å². The van der Waals surface area contributed by atoms with E-state index < -0.39 is 5.54 Å². The highest BCUT2D eigenvalue weighted by atomic mass is 16.5. The third-order valence-electron chi connectivity index (χ3n) is 4.37. The first kappa shape index (κ1) is 15.4. The van der Waals surface area contributed by atoms with E-state index in [-0.39, 0.29) is 12.2 Å². The van der Waals surface area contributed by atoms with Gasteiger partial charge < -0.3 is 15.6 Å². The molecule has 1 fully saturated rings. The molecule has 0 bridgehead atoms. The highest BCUT2D eigenvalue weighted by Crippen LogP contribution is 2.27. The fraction of sp³-hybridized carbons (Fsp3) is 0.625. The first-order valence-electron chi connectivity index (χ1n) is 7.24.